The van der Waals surface area contributed by atoms with Crippen molar-refractivity contribution in [2.24, 2.45) is 0 Å². The molecule has 1 heterocycles. The highest BCUT2D eigenvalue weighted by Crippen LogP contribution is 2.16. The first-order valence-electron chi connectivity index (χ1n) is 7.91. The van der Waals surface area contributed by atoms with Crippen molar-refractivity contribution in [2.45, 2.75) is 20.1 Å². The Labute approximate surface area is 145 Å². The van der Waals surface area contributed by atoms with Crippen molar-refractivity contribution >= 4 is 5.91 Å². The standard InChI is InChI=1S/C20H18FNO3/c1-14-7-8-15(11-18(14)21)12-22-20(23)19-16(9-10-24-19)13-25-17-5-3-2-4-6-17/h2-11H,12-13H2,1H3,(H,22,23). The SMILES string of the molecule is Cc1ccc(CNC(=O)c2occc2COc2ccccc2)cc1F. The third kappa shape index (κ3) is 4.26. The molecule has 1 amide bonds. The lowest BCUT2D eigenvalue weighted by molar-refractivity contribution is 0.0919. The van der Waals surface area contributed by atoms with Crippen LogP contribution >= 0.6 is 0 Å². The van der Waals surface area contributed by atoms with E-state index in [4.69, 9.17) is 9.15 Å². The number of carbonyl (C=O) groups excluding carboxylic acids is 1. The van der Waals surface area contributed by atoms with Crippen LogP contribution in [-0.2, 0) is 13.2 Å². The van der Waals surface area contributed by atoms with E-state index in [1.54, 1.807) is 25.1 Å². The summed E-state index contributed by atoms with van der Waals surface area (Å²) in [4.78, 5) is 12.3. The average molecular weight is 339 g/mol. The number of hydrogen-bond acceptors (Lipinski definition) is 3. The predicted molar refractivity (Wildman–Crippen MR) is 91.8 cm³/mol. The lowest BCUT2D eigenvalue weighted by Crippen LogP contribution is -2.23. The van der Waals surface area contributed by atoms with Gasteiger partial charge in [0.15, 0.2) is 5.76 Å². The molecule has 4 nitrogen and oxygen atoms in total. The summed E-state index contributed by atoms with van der Waals surface area (Å²) < 4.78 is 24.5. The second kappa shape index (κ2) is 7.66. The number of benzene rings is 2. The van der Waals surface area contributed by atoms with Crippen molar-refractivity contribution in [3.63, 3.8) is 0 Å². The zero-order valence-corrected chi connectivity index (χ0v) is 13.8. The summed E-state index contributed by atoms with van der Waals surface area (Å²) in [5.41, 5.74) is 1.91. The molecule has 3 rings (SSSR count). The monoisotopic (exact) mass is 339 g/mol. The molecule has 128 valence electrons. The van der Waals surface area contributed by atoms with E-state index in [9.17, 15) is 9.18 Å². The Hall–Kier alpha value is -3.08. The number of halogens is 1. The van der Waals surface area contributed by atoms with Crippen LogP contribution in [0.3, 0.4) is 0 Å². The summed E-state index contributed by atoms with van der Waals surface area (Å²) in [7, 11) is 0. The van der Waals surface area contributed by atoms with Crippen LogP contribution in [0.2, 0.25) is 0 Å². The highest BCUT2D eigenvalue weighted by atomic mass is 19.1. The number of rotatable bonds is 6. The molecule has 0 spiro atoms. The Kier molecular flexibility index (Phi) is 5.14. The van der Waals surface area contributed by atoms with Crippen LogP contribution in [0.1, 0.15) is 27.2 Å². The van der Waals surface area contributed by atoms with E-state index in [1.807, 2.05) is 30.3 Å². The predicted octanol–water partition coefficient (Wildman–Crippen LogP) is 4.24. The van der Waals surface area contributed by atoms with Gasteiger partial charge in [-0.15, -0.1) is 0 Å². The van der Waals surface area contributed by atoms with Crippen LogP contribution in [0, 0.1) is 12.7 Å². The van der Waals surface area contributed by atoms with Gasteiger partial charge in [-0.1, -0.05) is 30.3 Å². The molecule has 1 aromatic heterocycles. The van der Waals surface area contributed by atoms with Gasteiger partial charge in [0.2, 0.25) is 0 Å². The summed E-state index contributed by atoms with van der Waals surface area (Å²) in [5.74, 6) is 0.257. The molecule has 0 radical (unpaired) electrons. The first-order valence-corrected chi connectivity index (χ1v) is 7.91. The van der Waals surface area contributed by atoms with Gasteiger partial charge in [0.25, 0.3) is 5.91 Å². The van der Waals surface area contributed by atoms with Crippen LogP contribution < -0.4 is 10.1 Å². The number of ether oxygens (including phenoxy) is 1. The number of carbonyl (C=O) groups is 1. The van der Waals surface area contributed by atoms with Crippen molar-refractivity contribution in [1.29, 1.82) is 0 Å². The number of aryl methyl sites for hydroxylation is 1. The molecular formula is C20H18FNO3. The lowest BCUT2D eigenvalue weighted by Gasteiger charge is -2.08. The largest absolute Gasteiger partial charge is 0.489 e. The Morgan fingerprint density at radius 3 is 2.72 bits per heavy atom. The molecule has 0 saturated carbocycles. The summed E-state index contributed by atoms with van der Waals surface area (Å²) in [6, 6.07) is 15.9. The van der Waals surface area contributed by atoms with Gasteiger partial charge in [0.1, 0.15) is 18.2 Å². The molecule has 25 heavy (non-hydrogen) atoms. The Balaban J connectivity index is 1.61. The quantitative estimate of drug-likeness (QED) is 0.731. The van der Waals surface area contributed by atoms with E-state index >= 15 is 0 Å². The molecule has 0 atom stereocenters. The first-order chi connectivity index (χ1) is 12.1. The fraction of sp³-hybridized carbons (Fsp3) is 0.150. The van der Waals surface area contributed by atoms with Crippen LogP contribution in [0.5, 0.6) is 5.75 Å². The molecule has 0 aliphatic rings. The summed E-state index contributed by atoms with van der Waals surface area (Å²) in [6.45, 7) is 2.14. The smallest absolute Gasteiger partial charge is 0.287 e. The molecule has 0 fully saturated rings. The molecule has 0 aliphatic carbocycles. The minimum Gasteiger partial charge on any atom is -0.489 e. The highest BCUT2D eigenvalue weighted by Gasteiger charge is 2.16. The van der Waals surface area contributed by atoms with Crippen LogP contribution in [0.4, 0.5) is 4.39 Å². The Morgan fingerprint density at radius 1 is 1.16 bits per heavy atom. The second-order valence-corrected chi connectivity index (χ2v) is 5.64. The summed E-state index contributed by atoms with van der Waals surface area (Å²) in [5, 5.41) is 2.73. The Bertz CT molecular complexity index is 858. The van der Waals surface area contributed by atoms with Crippen molar-refractivity contribution in [3.05, 3.63) is 89.1 Å². The average Bonchev–Trinajstić information content (AvgIpc) is 3.10. The zero-order valence-electron chi connectivity index (χ0n) is 13.8. The summed E-state index contributed by atoms with van der Waals surface area (Å²) in [6.07, 6.45) is 1.45. The molecular weight excluding hydrogens is 321 g/mol. The van der Waals surface area contributed by atoms with E-state index in [1.165, 1.54) is 12.3 Å². The van der Waals surface area contributed by atoms with E-state index in [2.05, 4.69) is 5.32 Å². The van der Waals surface area contributed by atoms with Gasteiger partial charge in [0, 0.05) is 12.1 Å². The fourth-order valence-corrected chi connectivity index (χ4v) is 2.34. The van der Waals surface area contributed by atoms with Gasteiger partial charge < -0.3 is 14.5 Å². The molecule has 2 aromatic carbocycles. The van der Waals surface area contributed by atoms with Crippen molar-refractivity contribution in [2.75, 3.05) is 0 Å². The topological polar surface area (TPSA) is 51.5 Å². The number of nitrogens with one attached hydrogen (secondary N) is 1. The normalized spacial score (nSPS) is 10.5. The lowest BCUT2D eigenvalue weighted by atomic mass is 10.1. The Morgan fingerprint density at radius 2 is 1.96 bits per heavy atom. The van der Waals surface area contributed by atoms with Crippen LogP contribution in [0.25, 0.3) is 0 Å². The van der Waals surface area contributed by atoms with Gasteiger partial charge in [-0.25, -0.2) is 4.39 Å². The minimum atomic E-state index is -0.363. The first kappa shape index (κ1) is 16.8. The molecule has 1 N–H and O–H groups in total. The maximum Gasteiger partial charge on any atom is 0.287 e. The van der Waals surface area contributed by atoms with Gasteiger partial charge >= 0.3 is 0 Å². The van der Waals surface area contributed by atoms with Crippen molar-refractivity contribution in [3.8, 4) is 5.75 Å². The molecule has 0 saturated heterocycles. The number of amides is 1. The zero-order chi connectivity index (χ0) is 17.6. The minimum absolute atomic E-state index is 0.198. The molecule has 3 aromatic rings. The van der Waals surface area contributed by atoms with Gasteiger partial charge in [-0.3, -0.25) is 4.79 Å². The molecule has 5 heteroatoms. The van der Waals surface area contributed by atoms with E-state index < -0.39 is 0 Å². The van der Waals surface area contributed by atoms with Crippen LogP contribution in [-0.4, -0.2) is 5.91 Å². The maximum absolute atomic E-state index is 13.6. The number of para-hydroxylation sites is 1. The summed E-state index contributed by atoms with van der Waals surface area (Å²) >= 11 is 0. The van der Waals surface area contributed by atoms with Gasteiger partial charge in [0.05, 0.1) is 6.26 Å². The van der Waals surface area contributed by atoms with Crippen LogP contribution in [0.15, 0.2) is 65.3 Å². The maximum atomic E-state index is 13.6. The van der Waals surface area contributed by atoms with Gasteiger partial charge in [-0.2, -0.15) is 0 Å². The highest BCUT2D eigenvalue weighted by molar-refractivity contribution is 5.92. The van der Waals surface area contributed by atoms with E-state index in [-0.39, 0.29) is 30.6 Å². The van der Waals surface area contributed by atoms with E-state index in [0.717, 1.165) is 0 Å². The van der Waals surface area contributed by atoms with Crippen molar-refractivity contribution in [1.82, 2.24) is 5.32 Å². The molecule has 0 aliphatic heterocycles. The van der Waals surface area contributed by atoms with E-state index in [0.29, 0.717) is 22.4 Å². The number of furan rings is 1. The van der Waals surface area contributed by atoms with Gasteiger partial charge in [-0.05, 0) is 42.3 Å². The second-order valence-electron chi connectivity index (χ2n) is 5.64. The number of hydrogen-bond donors (Lipinski definition) is 1. The third-order valence-electron chi connectivity index (χ3n) is 3.78. The molecule has 0 bridgehead atoms. The molecule has 0 unspecified atom stereocenters. The third-order valence-corrected chi connectivity index (χ3v) is 3.78. The van der Waals surface area contributed by atoms with Crippen molar-refractivity contribution < 1.29 is 18.3 Å². The fourth-order valence-electron chi connectivity index (χ4n) is 2.34.